The Morgan fingerprint density at radius 2 is 2.10 bits per heavy atom. The van der Waals surface area contributed by atoms with Crippen LogP contribution in [-0.4, -0.2) is 24.0 Å². The van der Waals surface area contributed by atoms with E-state index in [9.17, 15) is 4.79 Å². The van der Waals surface area contributed by atoms with E-state index in [0.717, 1.165) is 42.8 Å². The monoisotopic (exact) mass is 295 g/mol. The molecule has 4 nitrogen and oxygen atoms in total. The van der Waals surface area contributed by atoms with Crippen molar-refractivity contribution >= 4 is 17.2 Å². The van der Waals surface area contributed by atoms with E-state index >= 15 is 0 Å². The quantitative estimate of drug-likeness (QED) is 0.820. The van der Waals surface area contributed by atoms with Gasteiger partial charge in [0.1, 0.15) is 0 Å². The van der Waals surface area contributed by atoms with Gasteiger partial charge in [-0.2, -0.15) is 0 Å². The standard InChI is InChI=1S/C15H25N3OS/c1-12-10-20-13(18-12)6-9-17-14(19)15(11-16)7-4-2-3-5-8-15/h10H,2-9,11,16H2,1H3,(H,17,19). The molecule has 1 saturated carbocycles. The highest BCUT2D eigenvalue weighted by Crippen LogP contribution is 2.34. The fourth-order valence-electron chi connectivity index (χ4n) is 2.92. The highest BCUT2D eigenvalue weighted by molar-refractivity contribution is 7.09. The Hall–Kier alpha value is -0.940. The molecule has 0 bridgehead atoms. The zero-order valence-corrected chi connectivity index (χ0v) is 13.1. The summed E-state index contributed by atoms with van der Waals surface area (Å²) in [6.07, 6.45) is 7.38. The summed E-state index contributed by atoms with van der Waals surface area (Å²) in [6, 6.07) is 0. The third-order valence-electron chi connectivity index (χ3n) is 4.22. The number of nitrogens with two attached hydrogens (primary N) is 1. The molecule has 2 rings (SSSR count). The van der Waals surface area contributed by atoms with E-state index in [4.69, 9.17) is 5.73 Å². The van der Waals surface area contributed by atoms with Crippen molar-refractivity contribution < 1.29 is 4.79 Å². The van der Waals surface area contributed by atoms with E-state index in [0.29, 0.717) is 13.1 Å². The van der Waals surface area contributed by atoms with Gasteiger partial charge in [0, 0.05) is 30.6 Å². The molecule has 112 valence electrons. The van der Waals surface area contributed by atoms with Gasteiger partial charge in [-0.15, -0.1) is 11.3 Å². The number of carbonyl (C=O) groups excluding carboxylic acids is 1. The minimum Gasteiger partial charge on any atom is -0.355 e. The Morgan fingerprint density at radius 1 is 1.40 bits per heavy atom. The van der Waals surface area contributed by atoms with Gasteiger partial charge in [0.2, 0.25) is 5.91 Å². The Balaban J connectivity index is 1.85. The van der Waals surface area contributed by atoms with Crippen molar-refractivity contribution in [3.8, 4) is 0 Å². The molecule has 1 aromatic heterocycles. The minimum atomic E-state index is -0.324. The summed E-state index contributed by atoms with van der Waals surface area (Å²) in [5.74, 6) is 0.148. The van der Waals surface area contributed by atoms with Crippen LogP contribution in [0, 0.1) is 12.3 Å². The summed E-state index contributed by atoms with van der Waals surface area (Å²) >= 11 is 1.66. The van der Waals surface area contributed by atoms with Gasteiger partial charge in [-0.1, -0.05) is 25.7 Å². The number of amides is 1. The van der Waals surface area contributed by atoms with Crippen molar-refractivity contribution in [2.45, 2.75) is 51.9 Å². The fraction of sp³-hybridized carbons (Fsp3) is 0.733. The van der Waals surface area contributed by atoms with Crippen LogP contribution in [0.5, 0.6) is 0 Å². The van der Waals surface area contributed by atoms with Crippen LogP contribution in [0.15, 0.2) is 5.38 Å². The molecule has 1 aromatic rings. The lowest BCUT2D eigenvalue weighted by molar-refractivity contribution is -0.131. The van der Waals surface area contributed by atoms with Crippen LogP contribution in [0.25, 0.3) is 0 Å². The number of nitrogens with zero attached hydrogens (tertiary/aromatic N) is 1. The molecule has 0 unspecified atom stereocenters. The molecule has 0 spiro atoms. The predicted molar refractivity (Wildman–Crippen MR) is 82.8 cm³/mol. The summed E-state index contributed by atoms with van der Waals surface area (Å²) in [4.78, 5) is 16.9. The van der Waals surface area contributed by atoms with Gasteiger partial charge in [-0.25, -0.2) is 4.98 Å². The first-order valence-electron chi connectivity index (χ1n) is 7.56. The van der Waals surface area contributed by atoms with Gasteiger partial charge >= 0.3 is 0 Å². The first-order valence-corrected chi connectivity index (χ1v) is 8.44. The molecule has 1 amide bonds. The van der Waals surface area contributed by atoms with Crippen molar-refractivity contribution in [2.75, 3.05) is 13.1 Å². The molecule has 0 aromatic carbocycles. The van der Waals surface area contributed by atoms with E-state index in [2.05, 4.69) is 10.3 Å². The van der Waals surface area contributed by atoms with Crippen LogP contribution < -0.4 is 11.1 Å². The molecular weight excluding hydrogens is 270 g/mol. The second-order valence-corrected chi connectivity index (χ2v) is 6.73. The van der Waals surface area contributed by atoms with Crippen LogP contribution in [0.2, 0.25) is 0 Å². The topological polar surface area (TPSA) is 68.0 Å². The summed E-state index contributed by atoms with van der Waals surface area (Å²) in [5, 5.41) is 6.21. The number of aromatic nitrogens is 1. The Bertz CT molecular complexity index is 436. The zero-order chi connectivity index (χ0) is 14.4. The van der Waals surface area contributed by atoms with Crippen molar-refractivity contribution in [3.05, 3.63) is 16.1 Å². The van der Waals surface area contributed by atoms with Crippen molar-refractivity contribution in [3.63, 3.8) is 0 Å². The van der Waals surface area contributed by atoms with Crippen LogP contribution in [0.3, 0.4) is 0 Å². The molecule has 3 N–H and O–H groups in total. The molecule has 1 aliphatic rings. The maximum atomic E-state index is 12.5. The van der Waals surface area contributed by atoms with Crippen molar-refractivity contribution in [1.29, 1.82) is 0 Å². The molecule has 5 heteroatoms. The van der Waals surface area contributed by atoms with E-state index in [-0.39, 0.29) is 11.3 Å². The largest absolute Gasteiger partial charge is 0.355 e. The van der Waals surface area contributed by atoms with E-state index < -0.39 is 0 Å². The van der Waals surface area contributed by atoms with E-state index in [1.807, 2.05) is 12.3 Å². The number of nitrogens with one attached hydrogen (secondary N) is 1. The number of aryl methyl sites for hydroxylation is 1. The lowest BCUT2D eigenvalue weighted by atomic mass is 9.79. The van der Waals surface area contributed by atoms with E-state index in [1.54, 1.807) is 11.3 Å². The summed E-state index contributed by atoms with van der Waals surface area (Å²) in [5.41, 5.74) is 6.65. The van der Waals surface area contributed by atoms with Crippen LogP contribution in [0.1, 0.15) is 49.2 Å². The molecule has 0 saturated heterocycles. The maximum absolute atomic E-state index is 12.5. The van der Waals surface area contributed by atoms with Gasteiger partial charge < -0.3 is 11.1 Å². The van der Waals surface area contributed by atoms with Gasteiger partial charge in [0.15, 0.2) is 0 Å². The number of hydrogen-bond donors (Lipinski definition) is 2. The van der Waals surface area contributed by atoms with Crippen LogP contribution in [-0.2, 0) is 11.2 Å². The van der Waals surface area contributed by atoms with Crippen molar-refractivity contribution in [2.24, 2.45) is 11.1 Å². The van der Waals surface area contributed by atoms with Gasteiger partial charge in [0.25, 0.3) is 0 Å². The third kappa shape index (κ3) is 3.79. The number of rotatable bonds is 5. The lowest BCUT2D eigenvalue weighted by Crippen LogP contribution is -2.46. The molecule has 1 heterocycles. The molecular formula is C15H25N3OS. The molecule has 1 aliphatic carbocycles. The zero-order valence-electron chi connectivity index (χ0n) is 12.3. The minimum absolute atomic E-state index is 0.148. The summed E-state index contributed by atoms with van der Waals surface area (Å²) in [6.45, 7) is 3.12. The number of thiazole rings is 1. The highest BCUT2D eigenvalue weighted by atomic mass is 32.1. The average molecular weight is 295 g/mol. The first kappa shape index (κ1) is 15.4. The predicted octanol–water partition coefficient (Wildman–Crippen LogP) is 2.41. The second-order valence-electron chi connectivity index (χ2n) is 5.79. The highest BCUT2D eigenvalue weighted by Gasteiger charge is 2.36. The van der Waals surface area contributed by atoms with Gasteiger partial charge in [-0.3, -0.25) is 4.79 Å². The Morgan fingerprint density at radius 3 is 2.65 bits per heavy atom. The molecule has 0 aliphatic heterocycles. The third-order valence-corrected chi connectivity index (χ3v) is 5.25. The number of carbonyl (C=O) groups is 1. The normalized spacial score (nSPS) is 18.5. The summed E-state index contributed by atoms with van der Waals surface area (Å²) < 4.78 is 0. The number of hydrogen-bond acceptors (Lipinski definition) is 4. The SMILES string of the molecule is Cc1csc(CCNC(=O)C2(CN)CCCCCC2)n1. The molecule has 0 radical (unpaired) electrons. The second kappa shape index (κ2) is 7.18. The van der Waals surface area contributed by atoms with Crippen LogP contribution in [0.4, 0.5) is 0 Å². The Labute approximate surface area is 125 Å². The molecule has 1 fully saturated rings. The molecule has 0 atom stereocenters. The summed E-state index contributed by atoms with van der Waals surface area (Å²) in [7, 11) is 0. The molecule has 20 heavy (non-hydrogen) atoms. The van der Waals surface area contributed by atoms with Crippen molar-refractivity contribution in [1.82, 2.24) is 10.3 Å². The lowest BCUT2D eigenvalue weighted by Gasteiger charge is -2.29. The van der Waals surface area contributed by atoms with Gasteiger partial charge in [0.05, 0.1) is 10.4 Å². The first-order chi connectivity index (χ1) is 9.66. The smallest absolute Gasteiger partial charge is 0.227 e. The van der Waals surface area contributed by atoms with Crippen LogP contribution >= 0.6 is 11.3 Å². The fourth-order valence-corrected chi connectivity index (χ4v) is 3.69. The average Bonchev–Trinajstić information content (AvgIpc) is 2.73. The Kier molecular flexibility index (Phi) is 5.54. The van der Waals surface area contributed by atoms with E-state index in [1.165, 1.54) is 12.8 Å². The van der Waals surface area contributed by atoms with Gasteiger partial charge in [-0.05, 0) is 19.8 Å². The maximum Gasteiger partial charge on any atom is 0.227 e.